The minimum Gasteiger partial charge on any atom is -0.461 e. The first kappa shape index (κ1) is 12.2. The second kappa shape index (κ2) is 4.96. The number of ether oxygens (including phenoxy) is 1. The van der Waals surface area contributed by atoms with Gasteiger partial charge in [-0.3, -0.25) is 4.57 Å². The summed E-state index contributed by atoms with van der Waals surface area (Å²) in [5, 5.41) is 0. The van der Waals surface area contributed by atoms with Crippen molar-refractivity contribution < 1.29 is 13.9 Å². The molecule has 0 aliphatic heterocycles. The number of carbonyl (C=O) groups excluding carboxylic acids is 1. The van der Waals surface area contributed by atoms with Gasteiger partial charge < -0.3 is 14.9 Å². The maximum Gasteiger partial charge on any atom is 0.360 e. The molecule has 2 rings (SSSR count). The summed E-state index contributed by atoms with van der Waals surface area (Å²) in [6, 6.07) is 0.151. The van der Waals surface area contributed by atoms with Crippen LogP contribution in [0.5, 0.6) is 0 Å². The van der Waals surface area contributed by atoms with Gasteiger partial charge in [-0.1, -0.05) is 12.2 Å². The van der Waals surface area contributed by atoms with E-state index in [9.17, 15) is 4.79 Å². The Morgan fingerprint density at radius 1 is 1.67 bits per heavy atom. The number of hydrogen-bond acceptors (Lipinski definition) is 6. The molecule has 94 valence electrons. The molecule has 2 aromatic rings. The number of carbonyl (C=O) groups is 1. The summed E-state index contributed by atoms with van der Waals surface area (Å²) in [6.45, 7) is 1.98. The summed E-state index contributed by atoms with van der Waals surface area (Å²) < 4.78 is 11.4. The molecule has 0 aliphatic carbocycles. The fraction of sp³-hybridized carbons (Fsp3) is 0.200. The first-order chi connectivity index (χ1) is 8.63. The van der Waals surface area contributed by atoms with Crippen LogP contribution in [0, 0.1) is 0 Å². The van der Waals surface area contributed by atoms with Crippen LogP contribution in [-0.2, 0) is 4.74 Å². The molecule has 0 atom stereocenters. The maximum absolute atomic E-state index is 11.4. The highest BCUT2D eigenvalue weighted by Crippen LogP contribution is 2.11. The van der Waals surface area contributed by atoms with Crippen molar-refractivity contribution >= 4 is 23.2 Å². The van der Waals surface area contributed by atoms with E-state index in [4.69, 9.17) is 27.1 Å². The molecule has 2 aromatic heterocycles. The van der Waals surface area contributed by atoms with Gasteiger partial charge in [0.25, 0.3) is 0 Å². The zero-order valence-electron chi connectivity index (χ0n) is 9.49. The Labute approximate surface area is 108 Å². The number of nitrogens with zero attached hydrogens (tertiary/aromatic N) is 3. The van der Waals surface area contributed by atoms with Crippen molar-refractivity contribution in [3.8, 4) is 6.01 Å². The van der Waals surface area contributed by atoms with Gasteiger partial charge in [-0.05, 0) is 6.92 Å². The van der Waals surface area contributed by atoms with Crippen molar-refractivity contribution in [3.05, 3.63) is 30.2 Å². The first-order valence-electron chi connectivity index (χ1n) is 5.09. The third kappa shape index (κ3) is 2.23. The number of imidazole rings is 1. The standard InChI is InChI=1S/C10H10N4O3S/c1-2-16-9(15)6-5-17-10(13-6)14-4-3-12-8(14)7(11)18/h3-5H,2H2,1H3,(H2,11,18). The fourth-order valence-electron chi connectivity index (χ4n) is 1.31. The van der Waals surface area contributed by atoms with Crippen LogP contribution < -0.4 is 5.73 Å². The molecule has 2 N–H and O–H groups in total. The highest BCUT2D eigenvalue weighted by molar-refractivity contribution is 7.80. The molecule has 0 unspecified atom stereocenters. The molecule has 0 aromatic carbocycles. The molecule has 0 amide bonds. The number of aromatic nitrogens is 3. The van der Waals surface area contributed by atoms with Crippen LogP contribution in [0.25, 0.3) is 6.01 Å². The Morgan fingerprint density at radius 2 is 2.44 bits per heavy atom. The molecule has 0 radical (unpaired) electrons. The predicted octanol–water partition coefficient (Wildman–Crippen LogP) is 0.671. The van der Waals surface area contributed by atoms with Crippen molar-refractivity contribution in [2.24, 2.45) is 5.73 Å². The quantitative estimate of drug-likeness (QED) is 0.641. The average Bonchev–Trinajstić information content (AvgIpc) is 2.98. The summed E-state index contributed by atoms with van der Waals surface area (Å²) in [7, 11) is 0. The molecule has 0 aliphatic rings. The van der Waals surface area contributed by atoms with Crippen LogP contribution >= 0.6 is 12.2 Å². The van der Waals surface area contributed by atoms with Crippen LogP contribution in [0.3, 0.4) is 0 Å². The monoisotopic (exact) mass is 266 g/mol. The van der Waals surface area contributed by atoms with E-state index in [-0.39, 0.29) is 23.3 Å². The highest BCUT2D eigenvalue weighted by Gasteiger charge is 2.16. The maximum atomic E-state index is 11.4. The zero-order valence-corrected chi connectivity index (χ0v) is 10.3. The van der Waals surface area contributed by atoms with Crippen molar-refractivity contribution in [1.82, 2.24) is 14.5 Å². The molecule has 2 heterocycles. The van der Waals surface area contributed by atoms with E-state index in [2.05, 4.69) is 9.97 Å². The Hall–Kier alpha value is -2.22. The number of hydrogen-bond donors (Lipinski definition) is 1. The lowest BCUT2D eigenvalue weighted by Crippen LogP contribution is -2.16. The van der Waals surface area contributed by atoms with E-state index >= 15 is 0 Å². The summed E-state index contributed by atoms with van der Waals surface area (Å²) in [5.74, 6) is -0.216. The molecule has 0 bridgehead atoms. The average molecular weight is 266 g/mol. The van der Waals surface area contributed by atoms with Crippen LogP contribution in [0.15, 0.2) is 23.1 Å². The van der Waals surface area contributed by atoms with Crippen molar-refractivity contribution in [2.75, 3.05) is 6.61 Å². The summed E-state index contributed by atoms with van der Waals surface area (Å²) in [4.78, 5) is 19.5. The lowest BCUT2D eigenvalue weighted by Gasteiger charge is -2.00. The third-order valence-corrected chi connectivity index (χ3v) is 2.23. The lowest BCUT2D eigenvalue weighted by molar-refractivity contribution is 0.0519. The zero-order chi connectivity index (χ0) is 13.1. The van der Waals surface area contributed by atoms with Crippen LogP contribution in [0.1, 0.15) is 23.2 Å². The molecule has 18 heavy (non-hydrogen) atoms. The summed E-state index contributed by atoms with van der Waals surface area (Å²) in [5.41, 5.74) is 5.58. The first-order valence-corrected chi connectivity index (χ1v) is 5.50. The van der Waals surface area contributed by atoms with E-state index in [0.29, 0.717) is 5.82 Å². The van der Waals surface area contributed by atoms with E-state index < -0.39 is 5.97 Å². The van der Waals surface area contributed by atoms with E-state index in [1.165, 1.54) is 17.0 Å². The summed E-state index contributed by atoms with van der Waals surface area (Å²) >= 11 is 4.84. The van der Waals surface area contributed by atoms with Gasteiger partial charge in [0, 0.05) is 12.4 Å². The number of nitrogens with two attached hydrogens (primary N) is 1. The Balaban J connectivity index is 2.32. The second-order valence-electron chi connectivity index (χ2n) is 3.22. The minimum atomic E-state index is -0.551. The fourth-order valence-corrected chi connectivity index (χ4v) is 1.46. The van der Waals surface area contributed by atoms with E-state index in [1.54, 1.807) is 13.1 Å². The van der Waals surface area contributed by atoms with Gasteiger partial charge in [0.15, 0.2) is 11.5 Å². The summed E-state index contributed by atoms with van der Waals surface area (Å²) in [6.07, 6.45) is 4.29. The Morgan fingerprint density at radius 3 is 3.11 bits per heavy atom. The van der Waals surface area contributed by atoms with Crippen molar-refractivity contribution in [3.63, 3.8) is 0 Å². The molecule has 7 nitrogen and oxygen atoms in total. The van der Waals surface area contributed by atoms with Gasteiger partial charge in [-0.15, -0.1) is 0 Å². The van der Waals surface area contributed by atoms with Gasteiger partial charge in [0.2, 0.25) is 0 Å². The Kier molecular flexibility index (Phi) is 3.38. The van der Waals surface area contributed by atoms with Crippen LogP contribution in [-0.4, -0.2) is 32.1 Å². The molecule has 0 saturated heterocycles. The van der Waals surface area contributed by atoms with Crippen LogP contribution in [0.2, 0.25) is 0 Å². The van der Waals surface area contributed by atoms with E-state index in [1.807, 2.05) is 0 Å². The van der Waals surface area contributed by atoms with Gasteiger partial charge >= 0.3 is 12.0 Å². The largest absolute Gasteiger partial charge is 0.461 e. The molecule has 8 heteroatoms. The van der Waals surface area contributed by atoms with Crippen LogP contribution in [0.4, 0.5) is 0 Å². The molecular formula is C10H10N4O3S. The molecule has 0 fully saturated rings. The predicted molar refractivity (Wildman–Crippen MR) is 65.5 cm³/mol. The normalized spacial score (nSPS) is 10.3. The number of oxazole rings is 1. The minimum absolute atomic E-state index is 0.0782. The number of rotatable bonds is 4. The number of esters is 1. The lowest BCUT2D eigenvalue weighted by atomic mass is 10.5. The van der Waals surface area contributed by atoms with E-state index in [0.717, 1.165) is 0 Å². The topological polar surface area (TPSA) is 96.2 Å². The van der Waals surface area contributed by atoms with Gasteiger partial charge in [-0.25, -0.2) is 9.78 Å². The number of thiocarbonyl (C=S) groups is 1. The third-order valence-electron chi connectivity index (χ3n) is 2.04. The SMILES string of the molecule is CCOC(=O)c1coc(-n2ccnc2C(N)=S)n1. The van der Waals surface area contributed by atoms with Gasteiger partial charge in [0.1, 0.15) is 11.3 Å². The van der Waals surface area contributed by atoms with Gasteiger partial charge in [0.05, 0.1) is 6.61 Å². The molecular weight excluding hydrogens is 256 g/mol. The Bertz CT molecular complexity index is 589. The second-order valence-corrected chi connectivity index (χ2v) is 3.66. The molecule has 0 spiro atoms. The van der Waals surface area contributed by atoms with Crippen molar-refractivity contribution in [1.29, 1.82) is 0 Å². The van der Waals surface area contributed by atoms with Gasteiger partial charge in [-0.2, -0.15) is 4.98 Å². The molecule has 0 saturated carbocycles. The highest BCUT2D eigenvalue weighted by atomic mass is 32.1. The van der Waals surface area contributed by atoms with Crippen molar-refractivity contribution in [2.45, 2.75) is 6.92 Å². The smallest absolute Gasteiger partial charge is 0.360 e.